The van der Waals surface area contributed by atoms with Crippen LogP contribution in [-0.4, -0.2) is 0 Å². The van der Waals surface area contributed by atoms with Crippen molar-refractivity contribution in [1.82, 2.24) is 0 Å². The molecule has 0 spiro atoms. The zero-order chi connectivity index (χ0) is 12.6. The first-order valence-electron chi connectivity index (χ1n) is 7.92. The van der Waals surface area contributed by atoms with Crippen LogP contribution in [0.4, 0.5) is 0 Å². The van der Waals surface area contributed by atoms with Crippen LogP contribution in [0.1, 0.15) is 73.1 Å². The van der Waals surface area contributed by atoms with E-state index < -0.39 is 0 Å². The minimum absolute atomic E-state index is 0.581. The van der Waals surface area contributed by atoms with Gasteiger partial charge in [-0.25, -0.2) is 0 Å². The predicted octanol–water partition coefficient (Wildman–Crippen LogP) is 5.52. The van der Waals surface area contributed by atoms with Crippen molar-refractivity contribution < 1.29 is 0 Å². The third-order valence-corrected chi connectivity index (χ3v) is 6.48. The minimum Gasteiger partial charge on any atom is -0.0625 e. The van der Waals surface area contributed by atoms with Crippen LogP contribution in [-0.2, 0) is 0 Å². The van der Waals surface area contributed by atoms with Gasteiger partial charge in [0.25, 0.3) is 0 Å². The van der Waals surface area contributed by atoms with Crippen molar-refractivity contribution in [2.24, 2.45) is 35.0 Å². The molecule has 0 heterocycles. The molecule has 0 heteroatoms. The zero-order valence-corrected chi connectivity index (χ0v) is 12.6. The Morgan fingerprint density at radius 3 is 2.00 bits per heavy atom. The van der Waals surface area contributed by atoms with Crippen LogP contribution in [0.5, 0.6) is 0 Å². The van der Waals surface area contributed by atoms with Gasteiger partial charge in [0.1, 0.15) is 0 Å². The molecule has 0 aromatic heterocycles. The molecule has 0 aliphatic heterocycles. The number of rotatable bonds is 1. The number of hydrogen-bond acceptors (Lipinski definition) is 0. The Balaban J connectivity index is 1.98. The molecule has 3 unspecified atom stereocenters. The van der Waals surface area contributed by atoms with Gasteiger partial charge in [0.15, 0.2) is 0 Å². The molecular weight excluding hydrogens is 204 g/mol. The summed E-state index contributed by atoms with van der Waals surface area (Å²) in [6, 6.07) is 0. The van der Waals surface area contributed by atoms with E-state index in [9.17, 15) is 0 Å². The maximum absolute atomic E-state index is 2.54. The van der Waals surface area contributed by atoms with Gasteiger partial charge in [-0.15, -0.1) is 0 Å². The molecule has 17 heavy (non-hydrogen) atoms. The van der Waals surface area contributed by atoms with Crippen molar-refractivity contribution in [1.29, 1.82) is 0 Å². The molecular formula is C17H32. The lowest BCUT2D eigenvalue weighted by Gasteiger charge is -2.49. The fraction of sp³-hybridized carbons (Fsp3) is 1.00. The van der Waals surface area contributed by atoms with Crippen molar-refractivity contribution >= 4 is 0 Å². The van der Waals surface area contributed by atoms with Crippen LogP contribution in [0.25, 0.3) is 0 Å². The van der Waals surface area contributed by atoms with Crippen LogP contribution in [0, 0.1) is 35.0 Å². The minimum atomic E-state index is 0.581. The fourth-order valence-corrected chi connectivity index (χ4v) is 4.49. The molecule has 0 saturated heterocycles. The van der Waals surface area contributed by atoms with Crippen LogP contribution in [0.15, 0.2) is 0 Å². The largest absolute Gasteiger partial charge is 0.0625 e. The van der Waals surface area contributed by atoms with Gasteiger partial charge < -0.3 is 0 Å². The normalized spacial score (nSPS) is 46.8. The van der Waals surface area contributed by atoms with Gasteiger partial charge >= 0.3 is 0 Å². The average Bonchev–Trinajstić information content (AvgIpc) is 2.28. The highest BCUT2D eigenvalue weighted by Crippen LogP contribution is 2.51. The maximum atomic E-state index is 2.54. The average molecular weight is 236 g/mol. The summed E-state index contributed by atoms with van der Waals surface area (Å²) >= 11 is 0. The van der Waals surface area contributed by atoms with Gasteiger partial charge in [0.05, 0.1) is 0 Å². The third kappa shape index (κ3) is 2.71. The van der Waals surface area contributed by atoms with Crippen LogP contribution in [0.3, 0.4) is 0 Å². The maximum Gasteiger partial charge on any atom is -0.0326 e. The Bertz CT molecular complexity index is 245. The molecule has 2 rings (SSSR count). The second kappa shape index (κ2) is 4.94. The van der Waals surface area contributed by atoms with Crippen LogP contribution < -0.4 is 0 Å². The van der Waals surface area contributed by atoms with Crippen LogP contribution in [0.2, 0.25) is 0 Å². The quantitative estimate of drug-likeness (QED) is 0.562. The van der Waals surface area contributed by atoms with Gasteiger partial charge in [-0.2, -0.15) is 0 Å². The molecule has 2 aliphatic carbocycles. The summed E-state index contributed by atoms with van der Waals surface area (Å²) in [7, 11) is 0. The van der Waals surface area contributed by atoms with E-state index >= 15 is 0 Å². The predicted molar refractivity (Wildman–Crippen MR) is 76.0 cm³/mol. The SMILES string of the molecule is CC1CCC(C2CCC(C)(C)C(C)C2C)CC1. The molecule has 0 amide bonds. The molecule has 0 nitrogen and oxygen atoms in total. The van der Waals surface area contributed by atoms with E-state index in [1.807, 2.05) is 0 Å². The standard InChI is InChI=1S/C17H32/c1-12-6-8-15(9-7-12)16-10-11-17(4,5)14(3)13(16)2/h12-16H,6-11H2,1-5H3. The molecule has 0 aromatic rings. The van der Waals surface area contributed by atoms with E-state index in [1.165, 1.54) is 38.5 Å². The lowest BCUT2D eigenvalue weighted by Crippen LogP contribution is -2.40. The molecule has 2 aliphatic rings. The van der Waals surface area contributed by atoms with E-state index in [2.05, 4.69) is 34.6 Å². The molecule has 0 aromatic carbocycles. The lowest BCUT2D eigenvalue weighted by atomic mass is 9.57. The Morgan fingerprint density at radius 1 is 0.824 bits per heavy atom. The van der Waals surface area contributed by atoms with Gasteiger partial charge in [-0.3, -0.25) is 0 Å². The highest BCUT2D eigenvalue weighted by atomic mass is 14.5. The Kier molecular flexibility index (Phi) is 3.90. The molecule has 2 fully saturated rings. The highest BCUT2D eigenvalue weighted by Gasteiger charge is 2.41. The monoisotopic (exact) mass is 236 g/mol. The molecule has 0 bridgehead atoms. The van der Waals surface area contributed by atoms with Crippen molar-refractivity contribution in [3.8, 4) is 0 Å². The second-order valence-electron chi connectivity index (χ2n) is 7.86. The lowest BCUT2D eigenvalue weighted by molar-refractivity contribution is 0.0105. The molecule has 3 atom stereocenters. The second-order valence-corrected chi connectivity index (χ2v) is 7.86. The molecule has 0 radical (unpaired) electrons. The van der Waals surface area contributed by atoms with E-state index in [-0.39, 0.29) is 0 Å². The van der Waals surface area contributed by atoms with Gasteiger partial charge in [-0.1, -0.05) is 47.5 Å². The van der Waals surface area contributed by atoms with E-state index in [0.29, 0.717) is 5.41 Å². The summed E-state index contributed by atoms with van der Waals surface area (Å²) in [5, 5.41) is 0. The van der Waals surface area contributed by atoms with Gasteiger partial charge in [-0.05, 0) is 60.7 Å². The smallest absolute Gasteiger partial charge is 0.0326 e. The summed E-state index contributed by atoms with van der Waals surface area (Å²) in [4.78, 5) is 0. The summed E-state index contributed by atoms with van der Waals surface area (Å²) < 4.78 is 0. The van der Waals surface area contributed by atoms with E-state index in [4.69, 9.17) is 0 Å². The summed E-state index contributed by atoms with van der Waals surface area (Å²) in [6.45, 7) is 12.4. The first-order chi connectivity index (χ1) is 7.92. The van der Waals surface area contributed by atoms with E-state index in [0.717, 1.165) is 29.6 Å². The molecule has 0 N–H and O–H groups in total. The first kappa shape index (κ1) is 13.4. The van der Waals surface area contributed by atoms with Crippen molar-refractivity contribution in [3.63, 3.8) is 0 Å². The Labute approximate surface area is 109 Å². The molecule has 100 valence electrons. The van der Waals surface area contributed by atoms with Gasteiger partial charge in [0.2, 0.25) is 0 Å². The third-order valence-electron chi connectivity index (χ3n) is 6.48. The summed E-state index contributed by atoms with van der Waals surface area (Å²) in [5.74, 6) is 4.93. The van der Waals surface area contributed by atoms with Gasteiger partial charge in [0, 0.05) is 0 Å². The van der Waals surface area contributed by atoms with Crippen molar-refractivity contribution in [3.05, 3.63) is 0 Å². The van der Waals surface area contributed by atoms with Crippen molar-refractivity contribution in [2.45, 2.75) is 73.1 Å². The Hall–Kier alpha value is 0. The summed E-state index contributed by atoms with van der Waals surface area (Å²) in [5.41, 5.74) is 0.581. The van der Waals surface area contributed by atoms with Crippen LogP contribution >= 0.6 is 0 Å². The Morgan fingerprint density at radius 2 is 1.41 bits per heavy atom. The molecule has 2 saturated carbocycles. The summed E-state index contributed by atoms with van der Waals surface area (Å²) in [6.07, 6.45) is 8.97. The first-order valence-corrected chi connectivity index (χ1v) is 7.92. The topological polar surface area (TPSA) is 0 Å². The van der Waals surface area contributed by atoms with Crippen molar-refractivity contribution in [2.75, 3.05) is 0 Å². The van der Waals surface area contributed by atoms with E-state index in [1.54, 1.807) is 0 Å². The fourth-order valence-electron chi connectivity index (χ4n) is 4.49. The number of hydrogen-bond donors (Lipinski definition) is 0. The highest BCUT2D eigenvalue weighted by molar-refractivity contribution is 4.91. The zero-order valence-electron chi connectivity index (χ0n) is 12.6.